The zero-order chi connectivity index (χ0) is 15.3. The van der Waals surface area contributed by atoms with Crippen LogP contribution in [0.2, 0.25) is 0 Å². The minimum atomic E-state index is -3.68. The van der Waals surface area contributed by atoms with Crippen molar-refractivity contribution in [2.45, 2.75) is 11.0 Å². The summed E-state index contributed by atoms with van der Waals surface area (Å²) in [5.74, 6) is -0.498. The van der Waals surface area contributed by atoms with Gasteiger partial charge in [0.05, 0.1) is 10.6 Å². The number of hydrogen-bond donors (Lipinski definition) is 0. The fourth-order valence-electron chi connectivity index (χ4n) is 1.88. The molecule has 2 aromatic rings. The lowest BCUT2D eigenvalue weighted by atomic mass is 10.1. The van der Waals surface area contributed by atoms with Gasteiger partial charge >= 0.3 is 0 Å². The zero-order valence-corrected chi connectivity index (χ0v) is 11.8. The van der Waals surface area contributed by atoms with E-state index in [0.29, 0.717) is 5.56 Å². The number of benzene rings is 2. The van der Waals surface area contributed by atoms with Gasteiger partial charge in [-0.15, -0.1) is 10.1 Å². The van der Waals surface area contributed by atoms with Crippen LogP contribution in [0.5, 0.6) is 0 Å². The van der Waals surface area contributed by atoms with Crippen LogP contribution in [0.25, 0.3) is 0 Å². The summed E-state index contributed by atoms with van der Waals surface area (Å²) in [4.78, 5) is 15.2. The molecule has 7 heteroatoms. The Bertz CT molecular complexity index is 701. The Morgan fingerprint density at radius 2 is 1.52 bits per heavy atom. The first-order valence-electron chi connectivity index (χ1n) is 6.13. The molecule has 0 aromatic heterocycles. The van der Waals surface area contributed by atoms with E-state index in [2.05, 4.69) is 4.84 Å². The highest BCUT2D eigenvalue weighted by atomic mass is 32.2. The normalized spacial score (nSPS) is 12.6. The van der Waals surface area contributed by atoms with Gasteiger partial charge in [-0.25, -0.2) is 8.42 Å². The second-order valence-corrected chi connectivity index (χ2v) is 6.36. The maximum Gasteiger partial charge on any atom is 0.295 e. The van der Waals surface area contributed by atoms with E-state index in [1.807, 2.05) is 0 Å². The number of hydrogen-bond acceptors (Lipinski definition) is 5. The molecule has 0 saturated carbocycles. The molecule has 0 aliphatic rings. The molecule has 0 radical (unpaired) electrons. The topological polar surface area (TPSA) is 86.5 Å². The fourth-order valence-corrected chi connectivity index (χ4v) is 3.30. The van der Waals surface area contributed by atoms with Crippen molar-refractivity contribution in [3.05, 3.63) is 76.3 Å². The molecule has 2 rings (SSSR count). The smallest absolute Gasteiger partial charge is 0.295 e. The molecular weight excluding hydrogens is 294 g/mol. The molecule has 0 bridgehead atoms. The minimum Gasteiger partial charge on any atom is -0.305 e. The molecule has 0 aliphatic heterocycles. The van der Waals surface area contributed by atoms with Gasteiger partial charge in [0.1, 0.15) is 6.10 Å². The first kappa shape index (κ1) is 15.0. The predicted molar refractivity (Wildman–Crippen MR) is 75.8 cm³/mol. The highest BCUT2D eigenvalue weighted by molar-refractivity contribution is 7.91. The van der Waals surface area contributed by atoms with Gasteiger partial charge in [0.15, 0.2) is 9.84 Å². The van der Waals surface area contributed by atoms with Gasteiger partial charge < -0.3 is 4.84 Å². The molecule has 6 nitrogen and oxygen atoms in total. The molecule has 0 aliphatic carbocycles. The highest BCUT2D eigenvalue weighted by Gasteiger charge is 2.25. The Kier molecular flexibility index (Phi) is 4.54. The lowest BCUT2D eigenvalue weighted by molar-refractivity contribution is -0.769. The van der Waals surface area contributed by atoms with E-state index in [9.17, 15) is 18.5 Å². The Labute approximate surface area is 122 Å². The lowest BCUT2D eigenvalue weighted by Gasteiger charge is -2.15. The second-order valence-electron chi connectivity index (χ2n) is 4.32. The van der Waals surface area contributed by atoms with Gasteiger partial charge in [-0.1, -0.05) is 48.5 Å². The monoisotopic (exact) mass is 307 g/mol. The van der Waals surface area contributed by atoms with Crippen LogP contribution in [0.3, 0.4) is 0 Å². The lowest BCUT2D eigenvalue weighted by Crippen LogP contribution is -2.20. The van der Waals surface area contributed by atoms with Crippen molar-refractivity contribution in [2.24, 2.45) is 0 Å². The third-order valence-electron chi connectivity index (χ3n) is 2.86. The molecule has 110 valence electrons. The van der Waals surface area contributed by atoms with Gasteiger partial charge in [0, 0.05) is 0 Å². The number of rotatable bonds is 6. The van der Waals surface area contributed by atoms with Crippen LogP contribution in [-0.2, 0) is 14.7 Å². The average Bonchev–Trinajstić information content (AvgIpc) is 2.48. The summed E-state index contributed by atoms with van der Waals surface area (Å²) < 4.78 is 24.6. The molecule has 0 spiro atoms. The quantitative estimate of drug-likeness (QED) is 0.604. The van der Waals surface area contributed by atoms with E-state index in [-0.39, 0.29) is 4.90 Å². The fraction of sp³-hybridized carbons (Fsp3) is 0.143. The molecule has 0 heterocycles. The SMILES string of the molecule is O=[N+]([O-])OC(CS(=O)(=O)c1ccccc1)c1ccccc1. The summed E-state index contributed by atoms with van der Waals surface area (Å²) in [6.45, 7) is 0. The number of sulfone groups is 1. The summed E-state index contributed by atoms with van der Waals surface area (Å²) in [7, 11) is -3.68. The molecule has 21 heavy (non-hydrogen) atoms. The Morgan fingerprint density at radius 1 is 1.00 bits per heavy atom. The van der Waals surface area contributed by atoms with Crippen LogP contribution in [0.4, 0.5) is 0 Å². The van der Waals surface area contributed by atoms with Crippen LogP contribution in [-0.4, -0.2) is 19.3 Å². The van der Waals surface area contributed by atoms with Crippen LogP contribution < -0.4 is 0 Å². The third-order valence-corrected chi connectivity index (χ3v) is 4.59. The van der Waals surface area contributed by atoms with E-state index in [0.717, 1.165) is 0 Å². The molecule has 0 N–H and O–H groups in total. The summed E-state index contributed by atoms with van der Waals surface area (Å²) in [6, 6.07) is 16.0. The van der Waals surface area contributed by atoms with Crippen LogP contribution in [0, 0.1) is 10.1 Å². The first-order chi connectivity index (χ1) is 9.99. The van der Waals surface area contributed by atoms with Crippen molar-refractivity contribution in [2.75, 3.05) is 5.75 Å². The van der Waals surface area contributed by atoms with E-state index in [1.165, 1.54) is 12.1 Å². The second kappa shape index (κ2) is 6.36. The van der Waals surface area contributed by atoms with E-state index in [4.69, 9.17) is 0 Å². The van der Waals surface area contributed by atoms with E-state index < -0.39 is 26.8 Å². The molecule has 0 fully saturated rings. The van der Waals surface area contributed by atoms with Crippen molar-refractivity contribution in [3.63, 3.8) is 0 Å². The first-order valence-corrected chi connectivity index (χ1v) is 7.78. The van der Waals surface area contributed by atoms with Crippen LogP contribution in [0.1, 0.15) is 11.7 Å². The Morgan fingerprint density at radius 3 is 2.05 bits per heavy atom. The van der Waals surface area contributed by atoms with Gasteiger partial charge in [-0.3, -0.25) is 0 Å². The Hall–Kier alpha value is -2.41. The van der Waals surface area contributed by atoms with Gasteiger partial charge in [-0.2, -0.15) is 0 Å². The predicted octanol–water partition coefficient (Wildman–Crippen LogP) is 2.41. The largest absolute Gasteiger partial charge is 0.305 e. The molecule has 1 atom stereocenters. The van der Waals surface area contributed by atoms with Crippen LogP contribution >= 0.6 is 0 Å². The van der Waals surface area contributed by atoms with Crippen molar-refractivity contribution in [1.29, 1.82) is 0 Å². The van der Waals surface area contributed by atoms with Crippen molar-refractivity contribution < 1.29 is 18.3 Å². The zero-order valence-electron chi connectivity index (χ0n) is 11.0. The van der Waals surface area contributed by atoms with Crippen molar-refractivity contribution in [1.82, 2.24) is 0 Å². The molecule has 0 amide bonds. The van der Waals surface area contributed by atoms with Crippen molar-refractivity contribution >= 4 is 9.84 Å². The summed E-state index contributed by atoms with van der Waals surface area (Å²) >= 11 is 0. The van der Waals surface area contributed by atoms with Gasteiger partial charge in [0.2, 0.25) is 0 Å². The van der Waals surface area contributed by atoms with Gasteiger partial charge in [-0.05, 0) is 17.7 Å². The summed E-state index contributed by atoms with van der Waals surface area (Å²) in [6.07, 6.45) is -1.16. The van der Waals surface area contributed by atoms with E-state index in [1.54, 1.807) is 48.5 Å². The Balaban J connectivity index is 2.29. The maximum atomic E-state index is 12.3. The van der Waals surface area contributed by atoms with Gasteiger partial charge in [0.25, 0.3) is 5.09 Å². The minimum absolute atomic E-state index is 0.109. The highest BCUT2D eigenvalue weighted by Crippen LogP contribution is 2.23. The van der Waals surface area contributed by atoms with E-state index >= 15 is 0 Å². The summed E-state index contributed by atoms with van der Waals surface area (Å²) in [5.41, 5.74) is 0.439. The summed E-state index contributed by atoms with van der Waals surface area (Å²) in [5, 5.41) is 9.62. The maximum absolute atomic E-state index is 12.3. The molecular formula is C14H13NO5S. The third kappa shape index (κ3) is 4.03. The average molecular weight is 307 g/mol. The van der Waals surface area contributed by atoms with Crippen LogP contribution in [0.15, 0.2) is 65.6 Å². The molecule has 0 saturated heterocycles. The molecule has 1 unspecified atom stereocenters. The standard InChI is InChI=1S/C14H13NO5S/c16-15(17)20-14(12-7-3-1-4-8-12)11-21(18,19)13-9-5-2-6-10-13/h1-10,14H,11H2. The number of nitrogens with zero attached hydrogens (tertiary/aromatic N) is 1. The molecule has 2 aromatic carbocycles. The van der Waals surface area contributed by atoms with Crippen molar-refractivity contribution in [3.8, 4) is 0 Å².